The highest BCUT2D eigenvalue weighted by Crippen LogP contribution is 2.47. The third-order valence-electron chi connectivity index (χ3n) is 5.54. The normalized spacial score (nSPS) is 30.7. The summed E-state index contributed by atoms with van der Waals surface area (Å²) in [6, 6.07) is 1.66. The number of rotatable bonds is 2. The van der Waals surface area contributed by atoms with Crippen LogP contribution >= 0.6 is 11.8 Å². The molecule has 3 saturated heterocycles. The highest BCUT2D eigenvalue weighted by molar-refractivity contribution is 8.00. The molecule has 3 aliphatic heterocycles. The van der Waals surface area contributed by atoms with Gasteiger partial charge in [0.1, 0.15) is 17.2 Å². The maximum Gasteiger partial charge on any atom is 0.408 e. The molecule has 3 atom stereocenters. The minimum Gasteiger partial charge on any atom is -0.465 e. The van der Waals surface area contributed by atoms with Crippen molar-refractivity contribution in [3.63, 3.8) is 0 Å². The quantitative estimate of drug-likeness (QED) is 0.712. The second-order valence-corrected chi connectivity index (χ2v) is 9.70. The maximum absolute atomic E-state index is 13.5. The average molecular weight is 410 g/mol. The van der Waals surface area contributed by atoms with Crippen LogP contribution in [0.4, 0.5) is 9.59 Å². The predicted molar refractivity (Wildman–Crippen MR) is 102 cm³/mol. The number of carboxylic acid groups (broad SMARTS) is 1. The highest BCUT2D eigenvalue weighted by Gasteiger charge is 2.61. The second kappa shape index (κ2) is 7.35. The van der Waals surface area contributed by atoms with E-state index in [2.05, 4.69) is 11.4 Å². The van der Waals surface area contributed by atoms with E-state index in [0.717, 1.165) is 0 Å². The Morgan fingerprint density at radius 2 is 2.00 bits per heavy atom. The number of carbonyl (C=O) groups is 3. The van der Waals surface area contributed by atoms with Crippen molar-refractivity contribution in [3.8, 4) is 6.07 Å². The first-order chi connectivity index (χ1) is 13.1. The summed E-state index contributed by atoms with van der Waals surface area (Å²) in [5, 5.41) is 21.3. The number of carbonyl (C=O) groups excluding carboxylic acids is 2. The number of amides is 3. The minimum absolute atomic E-state index is 0.162. The number of piperidine rings is 1. The third kappa shape index (κ3) is 3.72. The molecule has 0 aromatic heterocycles. The van der Waals surface area contributed by atoms with Gasteiger partial charge in [0.25, 0.3) is 5.91 Å². The number of thioether (sulfide) groups is 1. The molecule has 0 unspecified atom stereocenters. The number of fused-ring (bicyclic) bond motifs is 1. The topological polar surface area (TPSA) is 123 Å². The lowest BCUT2D eigenvalue weighted by molar-refractivity contribution is -0.136. The van der Waals surface area contributed by atoms with E-state index in [0.29, 0.717) is 38.1 Å². The number of ether oxygens (including phenoxy) is 1. The van der Waals surface area contributed by atoms with Crippen LogP contribution in [0.2, 0.25) is 0 Å². The molecule has 0 bridgehead atoms. The van der Waals surface area contributed by atoms with Crippen LogP contribution < -0.4 is 5.32 Å². The monoisotopic (exact) mass is 410 g/mol. The summed E-state index contributed by atoms with van der Waals surface area (Å²) in [6.07, 6.45) is -0.314. The summed E-state index contributed by atoms with van der Waals surface area (Å²) >= 11 is 1.55. The average Bonchev–Trinajstić information content (AvgIpc) is 3.12. The summed E-state index contributed by atoms with van der Waals surface area (Å²) in [5.41, 5.74) is -1.88. The summed E-state index contributed by atoms with van der Waals surface area (Å²) in [5.74, 6) is 0.0923. The molecule has 2 N–H and O–H groups in total. The Morgan fingerprint density at radius 3 is 2.54 bits per heavy atom. The Labute approximate surface area is 168 Å². The standard InChI is InChI=1S/C18H26N4O5S/c1-17(2,3)27-15(24)20-18(11-4-6-21(7-5-11)16(25)26)8-13-22(14(18)23)12(9-19)10-28-13/h11-13H,4-8,10H2,1-3H3,(H,20,24)(H,25,26)/t12-,13+,18+/m1/s1. The smallest absolute Gasteiger partial charge is 0.408 e. The molecule has 3 heterocycles. The molecule has 3 amide bonds. The van der Waals surface area contributed by atoms with Gasteiger partial charge < -0.3 is 25.0 Å². The zero-order chi connectivity index (χ0) is 20.7. The molecule has 3 fully saturated rings. The van der Waals surface area contributed by atoms with Crippen LogP contribution in [-0.4, -0.2) is 74.4 Å². The largest absolute Gasteiger partial charge is 0.465 e. The molecule has 0 radical (unpaired) electrons. The van der Waals surface area contributed by atoms with Crippen molar-refractivity contribution in [2.75, 3.05) is 18.8 Å². The van der Waals surface area contributed by atoms with Crippen molar-refractivity contribution in [2.24, 2.45) is 5.92 Å². The Hall–Kier alpha value is -2.15. The summed E-state index contributed by atoms with van der Waals surface area (Å²) in [7, 11) is 0. The Kier molecular flexibility index (Phi) is 5.40. The first kappa shape index (κ1) is 20.6. The predicted octanol–water partition coefficient (Wildman–Crippen LogP) is 1.84. The molecule has 3 rings (SSSR count). The van der Waals surface area contributed by atoms with E-state index >= 15 is 0 Å². The van der Waals surface area contributed by atoms with Gasteiger partial charge in [-0.05, 0) is 39.5 Å². The van der Waals surface area contributed by atoms with Crippen LogP contribution in [0.1, 0.15) is 40.0 Å². The lowest BCUT2D eigenvalue weighted by Crippen LogP contribution is -2.62. The number of nitrogens with zero attached hydrogens (tertiary/aromatic N) is 3. The van der Waals surface area contributed by atoms with Crippen molar-refractivity contribution >= 4 is 29.9 Å². The first-order valence-electron chi connectivity index (χ1n) is 9.40. The van der Waals surface area contributed by atoms with Gasteiger partial charge in [0.15, 0.2) is 0 Å². The van der Waals surface area contributed by atoms with Gasteiger partial charge in [0.2, 0.25) is 0 Å². The van der Waals surface area contributed by atoms with Crippen molar-refractivity contribution in [3.05, 3.63) is 0 Å². The molecule has 28 heavy (non-hydrogen) atoms. The lowest BCUT2D eigenvalue weighted by atomic mass is 9.76. The maximum atomic E-state index is 13.5. The number of hydrogen-bond acceptors (Lipinski definition) is 6. The molecule has 0 aromatic rings. The van der Waals surface area contributed by atoms with Gasteiger partial charge in [-0.1, -0.05) is 0 Å². The summed E-state index contributed by atoms with van der Waals surface area (Å²) < 4.78 is 5.40. The zero-order valence-electron chi connectivity index (χ0n) is 16.3. The van der Waals surface area contributed by atoms with E-state index < -0.39 is 29.4 Å². The molecular formula is C18H26N4O5S. The van der Waals surface area contributed by atoms with Crippen LogP contribution in [0.15, 0.2) is 0 Å². The lowest BCUT2D eigenvalue weighted by Gasteiger charge is -2.41. The minimum atomic E-state index is -1.17. The van der Waals surface area contributed by atoms with E-state index in [4.69, 9.17) is 4.74 Å². The molecule has 0 aliphatic carbocycles. The number of likely N-dealkylation sites (tertiary alicyclic amines) is 1. The fourth-order valence-corrected chi connectivity index (χ4v) is 5.71. The molecule has 154 valence electrons. The molecule has 9 nitrogen and oxygen atoms in total. The van der Waals surface area contributed by atoms with Gasteiger partial charge in [-0.2, -0.15) is 5.26 Å². The van der Waals surface area contributed by atoms with Crippen LogP contribution in [0.5, 0.6) is 0 Å². The fraction of sp³-hybridized carbons (Fsp3) is 0.778. The van der Waals surface area contributed by atoms with E-state index in [1.165, 1.54) is 4.90 Å². The summed E-state index contributed by atoms with van der Waals surface area (Å²) in [4.78, 5) is 40.2. The number of alkyl carbamates (subject to hydrolysis) is 1. The van der Waals surface area contributed by atoms with Crippen LogP contribution in [0, 0.1) is 17.2 Å². The van der Waals surface area contributed by atoms with E-state index in [-0.39, 0.29) is 17.2 Å². The molecule has 0 aromatic carbocycles. The number of nitrogens with one attached hydrogen (secondary N) is 1. The number of hydrogen-bond donors (Lipinski definition) is 2. The SMILES string of the molecule is CC(C)(C)OC(=O)N[C@]1(C2CCN(C(=O)O)CC2)C[C@@H]2SC[C@@H](C#N)N2C1=O. The Morgan fingerprint density at radius 1 is 1.36 bits per heavy atom. The zero-order valence-corrected chi connectivity index (χ0v) is 17.1. The van der Waals surface area contributed by atoms with Gasteiger partial charge in [-0.15, -0.1) is 11.8 Å². The molecule has 3 aliphatic rings. The van der Waals surface area contributed by atoms with Gasteiger partial charge in [0, 0.05) is 25.3 Å². The molecule has 0 spiro atoms. The van der Waals surface area contributed by atoms with Crippen molar-refractivity contribution in [1.82, 2.24) is 15.1 Å². The van der Waals surface area contributed by atoms with E-state index in [1.54, 1.807) is 37.4 Å². The number of nitriles is 1. The van der Waals surface area contributed by atoms with Gasteiger partial charge in [0.05, 0.1) is 11.4 Å². The summed E-state index contributed by atoms with van der Waals surface area (Å²) in [6.45, 7) is 5.87. The Balaban J connectivity index is 1.86. The molecule has 0 saturated carbocycles. The van der Waals surface area contributed by atoms with Crippen molar-refractivity contribution in [2.45, 2.75) is 62.6 Å². The van der Waals surface area contributed by atoms with Crippen LogP contribution in [0.25, 0.3) is 0 Å². The van der Waals surface area contributed by atoms with E-state index in [1.807, 2.05) is 0 Å². The van der Waals surface area contributed by atoms with Crippen LogP contribution in [-0.2, 0) is 9.53 Å². The van der Waals surface area contributed by atoms with Crippen LogP contribution in [0.3, 0.4) is 0 Å². The third-order valence-corrected chi connectivity index (χ3v) is 6.83. The van der Waals surface area contributed by atoms with Gasteiger partial charge >= 0.3 is 12.2 Å². The van der Waals surface area contributed by atoms with E-state index in [9.17, 15) is 24.8 Å². The van der Waals surface area contributed by atoms with Crippen molar-refractivity contribution < 1.29 is 24.2 Å². The fourth-order valence-electron chi connectivity index (χ4n) is 4.28. The molecular weight excluding hydrogens is 384 g/mol. The highest BCUT2D eigenvalue weighted by atomic mass is 32.2. The van der Waals surface area contributed by atoms with Gasteiger partial charge in [-0.3, -0.25) is 4.79 Å². The van der Waals surface area contributed by atoms with Crippen molar-refractivity contribution in [1.29, 1.82) is 5.26 Å². The first-order valence-corrected chi connectivity index (χ1v) is 10.5. The Bertz CT molecular complexity index is 710. The van der Waals surface area contributed by atoms with Gasteiger partial charge in [-0.25, -0.2) is 9.59 Å². The second-order valence-electron chi connectivity index (χ2n) is 8.49. The molecule has 10 heteroatoms.